The van der Waals surface area contributed by atoms with Crippen molar-refractivity contribution in [1.29, 1.82) is 0 Å². The first-order valence-corrected chi connectivity index (χ1v) is 7.43. The first-order valence-electron chi connectivity index (χ1n) is 6.64. The fraction of sp³-hybridized carbons (Fsp3) is 0.188. The molecule has 0 saturated heterocycles. The normalized spacial score (nSPS) is 10.2. The van der Waals surface area contributed by atoms with E-state index in [2.05, 4.69) is 26.6 Å². The molecule has 2 N–H and O–H groups in total. The van der Waals surface area contributed by atoms with E-state index >= 15 is 0 Å². The van der Waals surface area contributed by atoms with Gasteiger partial charge in [-0.2, -0.15) is 0 Å². The maximum atomic E-state index is 12.7. The Labute approximate surface area is 131 Å². The van der Waals surface area contributed by atoms with Crippen LogP contribution in [0.15, 0.2) is 53.0 Å². The smallest absolute Gasteiger partial charge is 0.315 e. The van der Waals surface area contributed by atoms with Gasteiger partial charge in [0.25, 0.3) is 0 Å². The van der Waals surface area contributed by atoms with E-state index in [-0.39, 0.29) is 11.8 Å². The van der Waals surface area contributed by atoms with Gasteiger partial charge in [0.2, 0.25) is 0 Å². The fourth-order valence-electron chi connectivity index (χ4n) is 1.86. The summed E-state index contributed by atoms with van der Waals surface area (Å²) in [4.78, 5) is 11.6. The van der Waals surface area contributed by atoms with Crippen LogP contribution in [0.4, 0.5) is 9.18 Å². The number of nitrogens with one attached hydrogen (secondary N) is 2. The molecular weight excluding hydrogens is 335 g/mol. The summed E-state index contributed by atoms with van der Waals surface area (Å²) in [7, 11) is 0. The third-order valence-corrected chi connectivity index (χ3v) is 3.45. The van der Waals surface area contributed by atoms with Crippen LogP contribution in [0.25, 0.3) is 0 Å². The summed E-state index contributed by atoms with van der Waals surface area (Å²) < 4.78 is 13.8. The zero-order valence-corrected chi connectivity index (χ0v) is 13.0. The third-order valence-electron chi connectivity index (χ3n) is 2.95. The van der Waals surface area contributed by atoms with E-state index in [1.807, 2.05) is 24.3 Å². The van der Waals surface area contributed by atoms with Crippen molar-refractivity contribution in [2.75, 3.05) is 6.54 Å². The molecule has 2 aromatic carbocycles. The number of rotatable bonds is 5. The Morgan fingerprint density at radius 2 is 1.81 bits per heavy atom. The summed E-state index contributed by atoms with van der Waals surface area (Å²) in [6.45, 7) is 0.939. The van der Waals surface area contributed by atoms with Gasteiger partial charge in [-0.3, -0.25) is 0 Å². The van der Waals surface area contributed by atoms with Crippen LogP contribution in [-0.4, -0.2) is 12.6 Å². The Morgan fingerprint density at radius 1 is 1.05 bits per heavy atom. The summed E-state index contributed by atoms with van der Waals surface area (Å²) in [5.41, 5.74) is 2.02. The second-order valence-electron chi connectivity index (χ2n) is 4.62. The molecule has 0 aliphatic rings. The molecule has 0 fully saturated rings. The van der Waals surface area contributed by atoms with Crippen LogP contribution >= 0.6 is 15.9 Å². The van der Waals surface area contributed by atoms with Crippen molar-refractivity contribution in [1.82, 2.24) is 10.6 Å². The maximum Gasteiger partial charge on any atom is 0.315 e. The molecule has 0 aliphatic heterocycles. The molecular formula is C16H16BrFN2O. The molecule has 110 valence electrons. The topological polar surface area (TPSA) is 41.1 Å². The van der Waals surface area contributed by atoms with Gasteiger partial charge in [-0.05, 0) is 41.8 Å². The van der Waals surface area contributed by atoms with Crippen molar-refractivity contribution in [2.24, 2.45) is 0 Å². The quantitative estimate of drug-likeness (QED) is 0.849. The SMILES string of the molecule is O=C(NCCc1cccc(Br)c1)NCc1ccc(F)cc1. The first-order chi connectivity index (χ1) is 10.1. The number of carbonyl (C=O) groups excluding carboxylic acids is 1. The number of benzene rings is 2. The molecule has 2 aromatic rings. The summed E-state index contributed by atoms with van der Waals surface area (Å²) in [6, 6.07) is 13.8. The predicted octanol–water partition coefficient (Wildman–Crippen LogP) is 3.63. The van der Waals surface area contributed by atoms with Crippen molar-refractivity contribution < 1.29 is 9.18 Å². The van der Waals surface area contributed by atoms with Gasteiger partial charge in [-0.15, -0.1) is 0 Å². The number of hydrogen-bond donors (Lipinski definition) is 2. The number of urea groups is 1. The summed E-state index contributed by atoms with van der Waals surface area (Å²) >= 11 is 3.41. The van der Waals surface area contributed by atoms with Crippen molar-refractivity contribution in [3.05, 3.63) is 69.9 Å². The third kappa shape index (κ3) is 5.55. The molecule has 2 rings (SSSR count). The van der Waals surface area contributed by atoms with Gasteiger partial charge in [0.1, 0.15) is 5.82 Å². The predicted molar refractivity (Wildman–Crippen MR) is 84.5 cm³/mol. The van der Waals surface area contributed by atoms with Gasteiger partial charge in [0, 0.05) is 17.6 Å². The van der Waals surface area contributed by atoms with Crippen LogP contribution in [0.3, 0.4) is 0 Å². The highest BCUT2D eigenvalue weighted by molar-refractivity contribution is 9.10. The molecule has 0 radical (unpaired) electrons. The van der Waals surface area contributed by atoms with Gasteiger partial charge in [-0.1, -0.05) is 40.2 Å². The van der Waals surface area contributed by atoms with Crippen LogP contribution < -0.4 is 10.6 Å². The molecule has 0 spiro atoms. The highest BCUT2D eigenvalue weighted by atomic mass is 79.9. The van der Waals surface area contributed by atoms with E-state index in [4.69, 9.17) is 0 Å². The average molecular weight is 351 g/mol. The highest BCUT2D eigenvalue weighted by Crippen LogP contribution is 2.11. The van der Waals surface area contributed by atoms with Crippen LogP contribution in [-0.2, 0) is 13.0 Å². The van der Waals surface area contributed by atoms with E-state index in [0.29, 0.717) is 13.1 Å². The molecule has 0 unspecified atom stereocenters. The zero-order valence-electron chi connectivity index (χ0n) is 11.4. The first kappa shape index (κ1) is 15.5. The number of hydrogen-bond acceptors (Lipinski definition) is 1. The van der Waals surface area contributed by atoms with Crippen LogP contribution in [0, 0.1) is 5.82 Å². The fourth-order valence-corrected chi connectivity index (χ4v) is 2.31. The lowest BCUT2D eigenvalue weighted by Gasteiger charge is -2.08. The number of amides is 2. The molecule has 0 bridgehead atoms. The molecule has 5 heteroatoms. The Morgan fingerprint density at radius 3 is 2.52 bits per heavy atom. The highest BCUT2D eigenvalue weighted by Gasteiger charge is 2.01. The Kier molecular flexibility index (Phi) is 5.75. The Balaban J connectivity index is 1.69. The lowest BCUT2D eigenvalue weighted by molar-refractivity contribution is 0.240. The van der Waals surface area contributed by atoms with Crippen molar-refractivity contribution in [3.63, 3.8) is 0 Å². The molecule has 0 saturated carbocycles. The lowest BCUT2D eigenvalue weighted by atomic mass is 10.1. The lowest BCUT2D eigenvalue weighted by Crippen LogP contribution is -2.36. The molecule has 2 amide bonds. The summed E-state index contributed by atoms with van der Waals surface area (Å²) in [5, 5.41) is 5.53. The molecule has 3 nitrogen and oxygen atoms in total. The zero-order chi connectivity index (χ0) is 15.1. The minimum atomic E-state index is -0.280. The second-order valence-corrected chi connectivity index (χ2v) is 5.53. The van der Waals surface area contributed by atoms with Gasteiger partial charge in [0.05, 0.1) is 0 Å². The average Bonchev–Trinajstić information content (AvgIpc) is 2.47. The summed E-state index contributed by atoms with van der Waals surface area (Å²) in [5.74, 6) is -0.280. The van der Waals surface area contributed by atoms with Crippen molar-refractivity contribution in [3.8, 4) is 0 Å². The van der Waals surface area contributed by atoms with Gasteiger partial charge < -0.3 is 10.6 Å². The van der Waals surface area contributed by atoms with Gasteiger partial charge in [-0.25, -0.2) is 9.18 Å². The van der Waals surface area contributed by atoms with E-state index in [1.165, 1.54) is 12.1 Å². The molecule has 0 atom stereocenters. The van der Waals surface area contributed by atoms with E-state index < -0.39 is 0 Å². The number of halogens is 2. The van der Waals surface area contributed by atoms with Crippen molar-refractivity contribution in [2.45, 2.75) is 13.0 Å². The molecule has 0 aromatic heterocycles. The maximum absolute atomic E-state index is 12.7. The van der Waals surface area contributed by atoms with E-state index in [1.54, 1.807) is 12.1 Å². The minimum Gasteiger partial charge on any atom is -0.338 e. The van der Waals surface area contributed by atoms with Crippen LogP contribution in [0.2, 0.25) is 0 Å². The van der Waals surface area contributed by atoms with Crippen LogP contribution in [0.5, 0.6) is 0 Å². The standard InChI is InChI=1S/C16H16BrFN2O/c17-14-3-1-2-12(10-14)8-9-19-16(21)20-11-13-4-6-15(18)7-5-13/h1-7,10H,8-9,11H2,(H2,19,20,21). The van der Waals surface area contributed by atoms with Crippen molar-refractivity contribution >= 4 is 22.0 Å². The minimum absolute atomic E-state index is 0.227. The van der Waals surface area contributed by atoms with E-state index in [0.717, 1.165) is 22.0 Å². The second kappa shape index (κ2) is 7.78. The van der Waals surface area contributed by atoms with Gasteiger partial charge >= 0.3 is 6.03 Å². The van der Waals surface area contributed by atoms with Crippen LogP contribution in [0.1, 0.15) is 11.1 Å². The van der Waals surface area contributed by atoms with Gasteiger partial charge in [0.15, 0.2) is 0 Å². The Hall–Kier alpha value is -1.88. The van der Waals surface area contributed by atoms with E-state index in [9.17, 15) is 9.18 Å². The molecule has 0 heterocycles. The Bertz CT molecular complexity index is 601. The largest absolute Gasteiger partial charge is 0.338 e. The molecule has 0 aliphatic carbocycles. The molecule has 21 heavy (non-hydrogen) atoms. The monoisotopic (exact) mass is 350 g/mol. The number of carbonyl (C=O) groups is 1. The summed E-state index contributed by atoms with van der Waals surface area (Å²) in [6.07, 6.45) is 0.767.